The van der Waals surface area contributed by atoms with Crippen molar-refractivity contribution in [1.82, 2.24) is 5.06 Å². The van der Waals surface area contributed by atoms with Crippen molar-refractivity contribution in [3.05, 3.63) is 0 Å². The minimum atomic E-state index is -3.92. The van der Waals surface area contributed by atoms with Crippen LogP contribution in [0.2, 0.25) is 0 Å². The van der Waals surface area contributed by atoms with Crippen molar-refractivity contribution >= 4 is 10.1 Å². The van der Waals surface area contributed by atoms with Crippen molar-refractivity contribution < 1.29 is 18.2 Å². The highest BCUT2D eigenvalue weighted by molar-refractivity contribution is 7.85. The maximum Gasteiger partial charge on any atom is 0.266 e. The van der Waals surface area contributed by atoms with Crippen molar-refractivity contribution in [2.75, 3.05) is 19.3 Å². The molecule has 0 bridgehead atoms. The van der Waals surface area contributed by atoms with E-state index in [1.165, 1.54) is 7.05 Å². The summed E-state index contributed by atoms with van der Waals surface area (Å²) in [5, 5.41) is 9.06. The van der Waals surface area contributed by atoms with Gasteiger partial charge in [-0.3, -0.25) is 4.55 Å². The number of nitrogens with zero attached hydrogens (tertiary/aromatic N) is 1. The van der Waals surface area contributed by atoms with E-state index < -0.39 is 15.9 Å². The maximum absolute atomic E-state index is 9.95. The van der Waals surface area contributed by atoms with E-state index in [0.717, 1.165) is 0 Å². The van der Waals surface area contributed by atoms with E-state index >= 15 is 0 Å². The molecule has 0 amide bonds. The number of hydrogen-bond donors (Lipinski definition) is 2. The molecule has 6 heteroatoms. The van der Waals surface area contributed by atoms with Gasteiger partial charge in [0.1, 0.15) is 0 Å². The zero-order valence-corrected chi connectivity index (χ0v) is 5.80. The van der Waals surface area contributed by atoms with Crippen molar-refractivity contribution in [3.63, 3.8) is 0 Å². The molecule has 0 unspecified atom stereocenters. The molecule has 0 heterocycles. The first-order chi connectivity index (χ1) is 3.92. The van der Waals surface area contributed by atoms with E-state index in [9.17, 15) is 8.42 Å². The molecule has 0 rings (SSSR count). The normalized spacial score (nSPS) is 12.4. The fraction of sp³-hybridized carbons (Fsp3) is 1.00. The molecule has 0 aromatic carbocycles. The third kappa shape index (κ3) is 7.83. The molecule has 0 saturated heterocycles. The summed E-state index contributed by atoms with van der Waals surface area (Å²) in [5.41, 5.74) is 0. The van der Waals surface area contributed by atoms with Crippen molar-refractivity contribution in [1.29, 1.82) is 0 Å². The summed E-state index contributed by atoms with van der Waals surface area (Å²) in [6.07, 6.45) is 0. The monoisotopic (exact) mass is 155 g/mol. The molecule has 0 aromatic heterocycles. The molecule has 2 N–H and O–H groups in total. The minimum Gasteiger partial charge on any atom is -0.314 e. The molecule has 0 aliphatic rings. The lowest BCUT2D eigenvalue weighted by Gasteiger charge is -2.03. The van der Waals surface area contributed by atoms with Gasteiger partial charge in [0.15, 0.2) is 0 Å². The topological polar surface area (TPSA) is 77.8 Å². The molecule has 0 radical (unpaired) electrons. The van der Waals surface area contributed by atoms with Crippen LogP contribution < -0.4 is 0 Å². The van der Waals surface area contributed by atoms with E-state index in [-0.39, 0.29) is 6.54 Å². The number of hydroxylamine groups is 2. The smallest absolute Gasteiger partial charge is 0.266 e. The minimum absolute atomic E-state index is 0.0845. The van der Waals surface area contributed by atoms with E-state index in [4.69, 9.17) is 9.76 Å². The van der Waals surface area contributed by atoms with Gasteiger partial charge in [-0.15, -0.1) is 0 Å². The zero-order valence-electron chi connectivity index (χ0n) is 4.98. The summed E-state index contributed by atoms with van der Waals surface area (Å²) in [5.74, 6) is -0.444. The maximum atomic E-state index is 9.95. The van der Waals surface area contributed by atoms with Gasteiger partial charge in [0, 0.05) is 13.6 Å². The Hall–Kier alpha value is -0.170. The van der Waals surface area contributed by atoms with Crippen LogP contribution in [-0.4, -0.2) is 42.6 Å². The summed E-state index contributed by atoms with van der Waals surface area (Å²) in [6.45, 7) is -0.0845. The van der Waals surface area contributed by atoms with Gasteiger partial charge >= 0.3 is 0 Å². The average Bonchev–Trinajstić information content (AvgIpc) is 1.59. The van der Waals surface area contributed by atoms with Gasteiger partial charge in [-0.1, -0.05) is 0 Å². The highest BCUT2D eigenvalue weighted by atomic mass is 32.2. The average molecular weight is 155 g/mol. The first-order valence-electron chi connectivity index (χ1n) is 2.27. The molecule has 0 aliphatic carbocycles. The summed E-state index contributed by atoms with van der Waals surface area (Å²) >= 11 is 0. The molecular weight excluding hydrogens is 146 g/mol. The van der Waals surface area contributed by atoms with Crippen LogP contribution in [0, 0.1) is 0 Å². The molecule has 0 aliphatic heterocycles. The molecule has 0 spiro atoms. The second kappa shape index (κ2) is 3.11. The zero-order chi connectivity index (χ0) is 7.49. The first kappa shape index (κ1) is 8.83. The first-order valence-corrected chi connectivity index (χ1v) is 3.88. The third-order valence-corrected chi connectivity index (χ3v) is 1.37. The highest BCUT2D eigenvalue weighted by Crippen LogP contribution is 1.82. The molecule has 0 atom stereocenters. The van der Waals surface area contributed by atoms with Crippen LogP contribution in [0.4, 0.5) is 0 Å². The standard InChI is InChI=1S/C3H9NO4S/c1-4(5)2-3-9(6,7)8/h5H,2-3H2,1H3,(H,6,7,8). The van der Waals surface area contributed by atoms with Crippen LogP contribution in [0.1, 0.15) is 0 Å². The lowest BCUT2D eigenvalue weighted by Crippen LogP contribution is -2.21. The number of hydrogen-bond acceptors (Lipinski definition) is 4. The third-order valence-electron chi connectivity index (χ3n) is 0.673. The molecule has 5 nitrogen and oxygen atoms in total. The molecule has 9 heavy (non-hydrogen) atoms. The summed E-state index contributed by atoms with van der Waals surface area (Å²) in [7, 11) is -2.62. The van der Waals surface area contributed by atoms with Crippen LogP contribution in [0.5, 0.6) is 0 Å². The van der Waals surface area contributed by atoms with E-state index in [0.29, 0.717) is 5.06 Å². The Labute approximate surface area is 53.6 Å². The van der Waals surface area contributed by atoms with Gasteiger partial charge in [-0.25, -0.2) is 0 Å². The van der Waals surface area contributed by atoms with Crippen molar-refractivity contribution in [3.8, 4) is 0 Å². The predicted octanol–water partition coefficient (Wildman–Crippen LogP) is -0.805. The van der Waals surface area contributed by atoms with Crippen molar-refractivity contribution in [2.24, 2.45) is 0 Å². The Morgan fingerprint density at radius 3 is 2.11 bits per heavy atom. The van der Waals surface area contributed by atoms with Gasteiger partial charge in [0.05, 0.1) is 5.75 Å². The Morgan fingerprint density at radius 1 is 1.56 bits per heavy atom. The Bertz CT molecular complexity index is 161. The van der Waals surface area contributed by atoms with Gasteiger partial charge in [-0.05, 0) is 0 Å². The van der Waals surface area contributed by atoms with Crippen LogP contribution >= 0.6 is 0 Å². The summed E-state index contributed by atoms with van der Waals surface area (Å²) < 4.78 is 28.0. The fourth-order valence-corrected chi connectivity index (χ4v) is 0.742. The second-order valence-electron chi connectivity index (χ2n) is 1.67. The van der Waals surface area contributed by atoms with Gasteiger partial charge in [0.2, 0.25) is 0 Å². The quantitative estimate of drug-likeness (QED) is 0.412. The largest absolute Gasteiger partial charge is 0.314 e. The van der Waals surface area contributed by atoms with Crippen LogP contribution in [-0.2, 0) is 10.1 Å². The summed E-state index contributed by atoms with van der Waals surface area (Å²) in [6, 6.07) is 0. The Kier molecular flexibility index (Phi) is 3.06. The second-order valence-corrected chi connectivity index (χ2v) is 3.24. The predicted molar refractivity (Wildman–Crippen MR) is 30.8 cm³/mol. The van der Waals surface area contributed by atoms with Gasteiger partial charge in [0.25, 0.3) is 10.1 Å². The van der Waals surface area contributed by atoms with E-state index in [1.54, 1.807) is 0 Å². The van der Waals surface area contributed by atoms with Crippen LogP contribution in [0.15, 0.2) is 0 Å². The Morgan fingerprint density at radius 2 is 2.00 bits per heavy atom. The molecule has 56 valence electrons. The van der Waals surface area contributed by atoms with Crippen LogP contribution in [0.25, 0.3) is 0 Å². The highest BCUT2D eigenvalue weighted by Gasteiger charge is 2.04. The van der Waals surface area contributed by atoms with E-state index in [1.807, 2.05) is 0 Å². The Balaban J connectivity index is 3.53. The molecule has 0 saturated carbocycles. The number of rotatable bonds is 3. The van der Waals surface area contributed by atoms with Gasteiger partial charge in [-0.2, -0.15) is 13.5 Å². The fourth-order valence-electron chi connectivity index (χ4n) is 0.247. The van der Waals surface area contributed by atoms with Gasteiger partial charge < -0.3 is 5.21 Å². The SMILES string of the molecule is CN(O)CCS(=O)(=O)O. The van der Waals surface area contributed by atoms with Crippen LogP contribution in [0.3, 0.4) is 0 Å². The van der Waals surface area contributed by atoms with Crippen molar-refractivity contribution in [2.45, 2.75) is 0 Å². The molecular formula is C3H9NO4S. The lowest BCUT2D eigenvalue weighted by atomic mass is 10.7. The molecule has 0 fully saturated rings. The van der Waals surface area contributed by atoms with E-state index in [2.05, 4.69) is 0 Å². The lowest BCUT2D eigenvalue weighted by molar-refractivity contribution is -0.0591. The molecule has 0 aromatic rings. The summed E-state index contributed by atoms with van der Waals surface area (Å²) in [4.78, 5) is 0.